The van der Waals surface area contributed by atoms with Crippen LogP contribution in [0.3, 0.4) is 0 Å². The van der Waals surface area contributed by atoms with Crippen molar-refractivity contribution in [2.75, 3.05) is 0 Å². The zero-order valence-electron chi connectivity index (χ0n) is 38.3. The van der Waals surface area contributed by atoms with Crippen LogP contribution in [0, 0.1) is 17.8 Å². The van der Waals surface area contributed by atoms with Crippen molar-refractivity contribution in [1.29, 1.82) is 0 Å². The maximum Gasteiger partial charge on any atom is 0.00389 e. The first kappa shape index (κ1) is 53.0. The van der Waals surface area contributed by atoms with E-state index in [9.17, 15) is 0 Å². The highest BCUT2D eigenvalue weighted by atomic mass is 14.6. The summed E-state index contributed by atoms with van der Waals surface area (Å²) in [5.41, 5.74) is 6.62. The van der Waals surface area contributed by atoms with Gasteiger partial charge in [-0.15, -0.1) is 0 Å². The third kappa shape index (κ3) is 44.5. The summed E-state index contributed by atoms with van der Waals surface area (Å²) >= 11 is 0. The summed E-state index contributed by atoms with van der Waals surface area (Å²) in [5, 5.41) is 0. The van der Waals surface area contributed by atoms with Crippen LogP contribution in [0.15, 0.2) is 0 Å². The van der Waals surface area contributed by atoms with Crippen LogP contribution in [-0.2, 0) is 0 Å². The molecule has 0 rings (SSSR count). The van der Waals surface area contributed by atoms with Gasteiger partial charge < -0.3 is 5.73 Å². The second-order valence-corrected chi connectivity index (χ2v) is 19.1. The van der Waals surface area contributed by atoms with Crippen LogP contribution in [0.4, 0.5) is 0 Å². The molecule has 0 spiro atoms. The zero-order chi connectivity index (χ0) is 38.7. The molecule has 53 heavy (non-hydrogen) atoms. The Morgan fingerprint density at radius 3 is 0.868 bits per heavy atom. The van der Waals surface area contributed by atoms with Crippen LogP contribution >= 0.6 is 0 Å². The van der Waals surface area contributed by atoms with E-state index in [1.54, 1.807) is 0 Å². The summed E-state index contributed by atoms with van der Waals surface area (Å²) in [4.78, 5) is 0. The van der Waals surface area contributed by atoms with Gasteiger partial charge in [0.1, 0.15) is 0 Å². The van der Waals surface area contributed by atoms with E-state index in [-0.39, 0.29) is 0 Å². The largest absolute Gasteiger partial charge is 0.328 e. The Balaban J connectivity index is 4.08. The van der Waals surface area contributed by atoms with E-state index in [2.05, 4.69) is 34.6 Å². The molecule has 0 fully saturated rings. The Morgan fingerprint density at radius 1 is 0.264 bits per heavy atom. The fourth-order valence-corrected chi connectivity index (χ4v) is 8.90. The lowest BCUT2D eigenvalue weighted by Gasteiger charge is -2.19. The van der Waals surface area contributed by atoms with Crippen molar-refractivity contribution in [1.82, 2.24) is 0 Å². The second kappa shape index (κ2) is 44.7. The summed E-state index contributed by atoms with van der Waals surface area (Å²) in [7, 11) is 0. The molecule has 0 bridgehead atoms. The molecule has 0 amide bonds. The Labute approximate surface area is 339 Å². The van der Waals surface area contributed by atoms with E-state index < -0.39 is 0 Å². The summed E-state index contributed by atoms with van der Waals surface area (Å²) in [6.45, 7) is 11.8. The highest BCUT2D eigenvalue weighted by Gasteiger charge is 2.11. The third-order valence-electron chi connectivity index (χ3n) is 12.9. The van der Waals surface area contributed by atoms with Crippen molar-refractivity contribution in [3.63, 3.8) is 0 Å². The molecule has 0 saturated heterocycles. The minimum absolute atomic E-state index is 0.432. The number of nitrogens with two attached hydrogens (primary N) is 1. The van der Waals surface area contributed by atoms with Gasteiger partial charge in [-0.3, -0.25) is 0 Å². The van der Waals surface area contributed by atoms with Crippen molar-refractivity contribution in [3.8, 4) is 0 Å². The fraction of sp³-hybridized carbons (Fsp3) is 1.00. The van der Waals surface area contributed by atoms with Gasteiger partial charge >= 0.3 is 0 Å². The molecule has 2 N–H and O–H groups in total. The Morgan fingerprint density at radius 2 is 0.547 bits per heavy atom. The quantitative estimate of drug-likeness (QED) is 0.0617. The van der Waals surface area contributed by atoms with Gasteiger partial charge in [0.25, 0.3) is 0 Å². The zero-order valence-corrected chi connectivity index (χ0v) is 38.3. The molecule has 0 radical (unpaired) electrons. The SMILES string of the molecule is CCCCCCCCCCCCCCCCCCC(CCCCCCCCCCCCCCCCCC)CCCCC(N)CCC(C)CCCC(C)C. The molecule has 0 aromatic heterocycles. The van der Waals surface area contributed by atoms with Crippen LogP contribution < -0.4 is 5.73 Å². The molecule has 0 aliphatic carbocycles. The Hall–Kier alpha value is -0.0400. The van der Waals surface area contributed by atoms with E-state index in [4.69, 9.17) is 5.73 Å². The number of hydrogen-bond donors (Lipinski definition) is 1. The van der Waals surface area contributed by atoms with Gasteiger partial charge in [-0.05, 0) is 37.0 Å². The van der Waals surface area contributed by atoms with Crippen molar-refractivity contribution in [3.05, 3.63) is 0 Å². The van der Waals surface area contributed by atoms with E-state index in [0.29, 0.717) is 6.04 Å². The highest BCUT2D eigenvalue weighted by Crippen LogP contribution is 2.26. The fourth-order valence-electron chi connectivity index (χ4n) is 8.90. The number of unbranched alkanes of at least 4 members (excludes halogenated alkanes) is 31. The van der Waals surface area contributed by atoms with Crippen molar-refractivity contribution < 1.29 is 0 Å². The Bertz CT molecular complexity index is 605. The number of rotatable bonds is 46. The van der Waals surface area contributed by atoms with Crippen molar-refractivity contribution in [2.45, 2.75) is 317 Å². The highest BCUT2D eigenvalue weighted by molar-refractivity contribution is 4.67. The average molecular weight is 746 g/mol. The standard InChI is InChI=1S/C52H107N/c1-6-8-10-12-14-16-18-20-22-24-26-28-30-32-34-36-43-51(45-38-39-46-52(53)48-47-50(5)42-40-41-49(3)4)44-37-35-33-31-29-27-25-23-21-19-17-15-13-11-9-7-2/h49-52H,6-48,53H2,1-5H3. The first-order valence-corrected chi connectivity index (χ1v) is 25.7. The molecule has 0 aromatic carbocycles. The lowest BCUT2D eigenvalue weighted by molar-refractivity contribution is 0.358. The maximum atomic E-state index is 6.62. The molecule has 1 nitrogen and oxygen atoms in total. The summed E-state index contributed by atoms with van der Waals surface area (Å²) in [6.07, 6.45) is 62.3. The lowest BCUT2D eigenvalue weighted by atomic mass is 9.88. The first-order valence-electron chi connectivity index (χ1n) is 25.7. The van der Waals surface area contributed by atoms with Crippen molar-refractivity contribution in [2.24, 2.45) is 23.5 Å². The average Bonchev–Trinajstić information content (AvgIpc) is 3.14. The van der Waals surface area contributed by atoms with Crippen molar-refractivity contribution >= 4 is 0 Å². The van der Waals surface area contributed by atoms with Gasteiger partial charge in [0.05, 0.1) is 0 Å². The molecule has 2 atom stereocenters. The first-order chi connectivity index (χ1) is 26.0. The number of hydrogen-bond acceptors (Lipinski definition) is 1. The predicted octanol–water partition coefficient (Wildman–Crippen LogP) is 19.0. The van der Waals surface area contributed by atoms with Crippen LogP contribution in [0.5, 0.6) is 0 Å². The second-order valence-electron chi connectivity index (χ2n) is 19.1. The summed E-state index contributed by atoms with van der Waals surface area (Å²) in [5.74, 6) is 2.68. The van der Waals surface area contributed by atoms with E-state index in [1.165, 1.54) is 276 Å². The molecule has 320 valence electrons. The smallest absolute Gasteiger partial charge is 0.00389 e. The van der Waals surface area contributed by atoms with Crippen LogP contribution in [0.2, 0.25) is 0 Å². The predicted molar refractivity (Wildman–Crippen MR) is 245 cm³/mol. The molecule has 2 unspecified atom stereocenters. The van der Waals surface area contributed by atoms with E-state index in [0.717, 1.165) is 17.8 Å². The normalized spacial score (nSPS) is 13.1. The van der Waals surface area contributed by atoms with Gasteiger partial charge in [-0.2, -0.15) is 0 Å². The minimum Gasteiger partial charge on any atom is -0.328 e. The van der Waals surface area contributed by atoms with Gasteiger partial charge in [0.2, 0.25) is 0 Å². The molecule has 0 aliphatic rings. The van der Waals surface area contributed by atoms with Crippen LogP contribution in [-0.4, -0.2) is 6.04 Å². The molecule has 0 heterocycles. The molecule has 0 aromatic rings. The summed E-state index contributed by atoms with van der Waals surface area (Å²) < 4.78 is 0. The maximum absolute atomic E-state index is 6.62. The monoisotopic (exact) mass is 746 g/mol. The Kier molecular flexibility index (Phi) is 44.6. The molecular formula is C52H107N. The van der Waals surface area contributed by atoms with Gasteiger partial charge in [0, 0.05) is 6.04 Å². The summed E-state index contributed by atoms with van der Waals surface area (Å²) in [6, 6.07) is 0.432. The minimum atomic E-state index is 0.432. The van der Waals surface area contributed by atoms with Gasteiger partial charge in [0.15, 0.2) is 0 Å². The van der Waals surface area contributed by atoms with E-state index >= 15 is 0 Å². The molecule has 0 saturated carbocycles. The molecule has 1 heteroatoms. The molecular weight excluding hydrogens is 639 g/mol. The lowest BCUT2D eigenvalue weighted by Crippen LogP contribution is -2.20. The topological polar surface area (TPSA) is 26.0 Å². The third-order valence-corrected chi connectivity index (χ3v) is 12.9. The molecule has 0 aliphatic heterocycles. The van der Waals surface area contributed by atoms with Gasteiger partial charge in [-0.1, -0.05) is 291 Å². The van der Waals surface area contributed by atoms with Crippen LogP contribution in [0.1, 0.15) is 311 Å². The van der Waals surface area contributed by atoms with Gasteiger partial charge in [-0.25, -0.2) is 0 Å². The van der Waals surface area contributed by atoms with Crippen LogP contribution in [0.25, 0.3) is 0 Å². The van der Waals surface area contributed by atoms with E-state index in [1.807, 2.05) is 0 Å².